The number of carbonyl (C=O) groups excluding carboxylic acids is 2. The predicted octanol–water partition coefficient (Wildman–Crippen LogP) is 3.81. The van der Waals surface area contributed by atoms with Gasteiger partial charge in [0.25, 0.3) is 0 Å². The topological polar surface area (TPSA) is 63.6 Å². The van der Waals surface area contributed by atoms with Crippen LogP contribution in [0.4, 0.5) is 0 Å². The molecule has 1 N–H and O–H groups in total. The number of carbonyl (C=O) groups is 2. The summed E-state index contributed by atoms with van der Waals surface area (Å²) in [5, 5.41) is 11.2. The van der Waals surface area contributed by atoms with Crippen LogP contribution in [-0.2, 0) is 14.3 Å². The van der Waals surface area contributed by atoms with Gasteiger partial charge in [-0.05, 0) is 67.8 Å². The molecule has 4 heteroatoms. The van der Waals surface area contributed by atoms with E-state index in [4.69, 9.17) is 4.74 Å². The normalized spacial score (nSPS) is 47.5. The molecule has 0 saturated heterocycles. The number of fused-ring (bicyclic) bond motifs is 5. The molecule has 3 saturated carbocycles. The lowest BCUT2D eigenvalue weighted by atomic mass is 9.46. The van der Waals surface area contributed by atoms with Crippen LogP contribution in [0.2, 0.25) is 0 Å². The summed E-state index contributed by atoms with van der Waals surface area (Å²) in [6, 6.07) is 0. The van der Waals surface area contributed by atoms with Crippen LogP contribution in [0.1, 0.15) is 72.1 Å². The summed E-state index contributed by atoms with van der Waals surface area (Å²) in [4.78, 5) is 23.8. The highest BCUT2D eigenvalue weighted by Gasteiger charge is 2.62. The SMILES string of the molecule is CCC(=O)O[C@@H]1CC[C@@H]2[C@H]3CCC4=CC(=O)CC[C@]4(C)[C@@H]3[C@@H](O)C[C@@]21C. The molecule has 4 aliphatic rings. The van der Waals surface area contributed by atoms with Crippen molar-refractivity contribution in [1.82, 2.24) is 0 Å². The van der Waals surface area contributed by atoms with Crippen molar-refractivity contribution in [2.45, 2.75) is 84.3 Å². The van der Waals surface area contributed by atoms with E-state index in [1.807, 2.05) is 13.0 Å². The summed E-state index contributed by atoms with van der Waals surface area (Å²) in [6.45, 7) is 6.34. The van der Waals surface area contributed by atoms with E-state index in [0.29, 0.717) is 31.1 Å². The summed E-state index contributed by atoms with van der Waals surface area (Å²) < 4.78 is 5.80. The fraction of sp³-hybridized carbons (Fsp3) is 0.818. The molecule has 0 aliphatic heterocycles. The molecule has 0 aromatic carbocycles. The van der Waals surface area contributed by atoms with Crippen LogP contribution in [0.5, 0.6) is 0 Å². The van der Waals surface area contributed by atoms with Gasteiger partial charge >= 0.3 is 5.97 Å². The maximum Gasteiger partial charge on any atom is 0.305 e. The molecule has 0 aromatic heterocycles. The zero-order valence-corrected chi connectivity index (χ0v) is 16.3. The first-order chi connectivity index (χ1) is 12.3. The maximum atomic E-state index is 11.9. The van der Waals surface area contributed by atoms with Crippen LogP contribution in [0, 0.1) is 28.6 Å². The Bertz CT molecular complexity index is 653. The smallest absolute Gasteiger partial charge is 0.305 e. The van der Waals surface area contributed by atoms with Gasteiger partial charge in [0.15, 0.2) is 5.78 Å². The van der Waals surface area contributed by atoms with Crippen LogP contribution in [-0.4, -0.2) is 29.1 Å². The summed E-state index contributed by atoms with van der Waals surface area (Å²) in [6.07, 6.45) is 8.04. The highest BCUT2D eigenvalue weighted by atomic mass is 16.5. The second-order valence-electron chi connectivity index (χ2n) is 9.57. The third kappa shape index (κ3) is 2.51. The van der Waals surface area contributed by atoms with Crippen molar-refractivity contribution < 1.29 is 19.4 Å². The second-order valence-corrected chi connectivity index (χ2v) is 9.57. The van der Waals surface area contributed by atoms with Gasteiger partial charge in [-0.2, -0.15) is 0 Å². The standard InChI is InChI=1S/C22H32O4/c1-4-19(25)26-18-8-7-16-15-6-5-13-11-14(23)9-10-21(13,2)20(15)17(24)12-22(16,18)3/h11,15-18,20,24H,4-10,12H2,1-3H3/t15-,16-,17+,18-,20+,21+,22+/m1/s1. The first-order valence-electron chi connectivity index (χ1n) is 10.4. The number of aliphatic hydroxyl groups is 1. The van der Waals surface area contributed by atoms with Gasteiger partial charge in [0.2, 0.25) is 0 Å². The van der Waals surface area contributed by atoms with E-state index in [-0.39, 0.29) is 40.7 Å². The second kappa shape index (κ2) is 6.19. The van der Waals surface area contributed by atoms with Gasteiger partial charge in [0.1, 0.15) is 6.10 Å². The van der Waals surface area contributed by atoms with E-state index in [1.54, 1.807) is 0 Å². The molecule has 0 aromatic rings. The fourth-order valence-electron chi connectivity index (χ4n) is 7.08. The van der Waals surface area contributed by atoms with Crippen LogP contribution in [0.15, 0.2) is 11.6 Å². The molecule has 0 radical (unpaired) electrons. The molecular weight excluding hydrogens is 328 g/mol. The first-order valence-corrected chi connectivity index (χ1v) is 10.4. The Balaban J connectivity index is 1.64. The number of hydrogen-bond acceptors (Lipinski definition) is 4. The maximum absolute atomic E-state index is 11.9. The molecule has 0 heterocycles. The molecular formula is C22H32O4. The zero-order valence-electron chi connectivity index (χ0n) is 16.3. The lowest BCUT2D eigenvalue weighted by molar-refractivity contribution is -0.170. The van der Waals surface area contributed by atoms with Gasteiger partial charge in [0, 0.05) is 18.3 Å². The molecule has 3 fully saturated rings. The minimum absolute atomic E-state index is 0.0459. The Labute approximate surface area is 156 Å². The molecule has 4 rings (SSSR count). The average Bonchev–Trinajstić information content (AvgIpc) is 2.91. The monoisotopic (exact) mass is 360 g/mol. The molecule has 0 bridgehead atoms. The third-order valence-corrected chi connectivity index (χ3v) is 8.37. The summed E-state index contributed by atoms with van der Waals surface area (Å²) in [5.74, 6) is 1.32. The van der Waals surface area contributed by atoms with Crippen molar-refractivity contribution in [3.05, 3.63) is 11.6 Å². The van der Waals surface area contributed by atoms with Gasteiger partial charge in [-0.25, -0.2) is 0 Å². The van der Waals surface area contributed by atoms with Gasteiger partial charge in [-0.15, -0.1) is 0 Å². The van der Waals surface area contributed by atoms with Gasteiger partial charge in [-0.3, -0.25) is 9.59 Å². The lowest BCUT2D eigenvalue weighted by Crippen LogP contribution is -2.57. The molecule has 4 nitrogen and oxygen atoms in total. The van der Waals surface area contributed by atoms with Crippen molar-refractivity contribution in [2.75, 3.05) is 0 Å². The zero-order chi connectivity index (χ0) is 18.7. The fourth-order valence-corrected chi connectivity index (χ4v) is 7.08. The summed E-state index contributed by atoms with van der Waals surface area (Å²) in [5.41, 5.74) is 1.10. The van der Waals surface area contributed by atoms with E-state index in [0.717, 1.165) is 32.1 Å². The van der Waals surface area contributed by atoms with E-state index < -0.39 is 0 Å². The molecule has 0 unspecified atom stereocenters. The first kappa shape index (κ1) is 18.2. The number of aliphatic hydroxyl groups excluding tert-OH is 1. The Kier molecular flexibility index (Phi) is 4.33. The molecule has 144 valence electrons. The van der Waals surface area contributed by atoms with Crippen LogP contribution >= 0.6 is 0 Å². The largest absolute Gasteiger partial charge is 0.462 e. The predicted molar refractivity (Wildman–Crippen MR) is 98.3 cm³/mol. The van der Waals surface area contributed by atoms with Crippen LogP contribution in [0.3, 0.4) is 0 Å². The highest BCUT2D eigenvalue weighted by Crippen LogP contribution is 2.65. The van der Waals surface area contributed by atoms with E-state index in [1.165, 1.54) is 5.57 Å². The van der Waals surface area contributed by atoms with Gasteiger partial charge in [-0.1, -0.05) is 26.3 Å². The van der Waals surface area contributed by atoms with Gasteiger partial charge in [0.05, 0.1) is 6.10 Å². The Hall–Kier alpha value is -1.16. The van der Waals surface area contributed by atoms with E-state index in [2.05, 4.69) is 13.8 Å². The highest BCUT2D eigenvalue weighted by molar-refractivity contribution is 5.91. The number of esters is 1. The number of ether oxygens (including phenoxy) is 1. The van der Waals surface area contributed by atoms with Crippen molar-refractivity contribution in [3.63, 3.8) is 0 Å². The number of rotatable bonds is 2. The summed E-state index contributed by atoms with van der Waals surface area (Å²) in [7, 11) is 0. The minimum atomic E-state index is -0.385. The van der Waals surface area contributed by atoms with E-state index in [9.17, 15) is 14.7 Å². The molecule has 7 atom stereocenters. The van der Waals surface area contributed by atoms with E-state index >= 15 is 0 Å². The number of hydrogen-bond donors (Lipinski definition) is 1. The number of ketones is 1. The van der Waals surface area contributed by atoms with Crippen molar-refractivity contribution in [3.8, 4) is 0 Å². The quantitative estimate of drug-likeness (QED) is 0.761. The van der Waals surface area contributed by atoms with Crippen LogP contribution < -0.4 is 0 Å². The lowest BCUT2D eigenvalue weighted by Gasteiger charge is -2.59. The minimum Gasteiger partial charge on any atom is -0.462 e. The van der Waals surface area contributed by atoms with Crippen molar-refractivity contribution in [2.24, 2.45) is 28.6 Å². The molecule has 26 heavy (non-hydrogen) atoms. The average molecular weight is 360 g/mol. The van der Waals surface area contributed by atoms with Crippen LogP contribution in [0.25, 0.3) is 0 Å². The Morgan fingerprint density at radius 2 is 2.04 bits per heavy atom. The third-order valence-electron chi connectivity index (χ3n) is 8.37. The summed E-state index contributed by atoms with van der Waals surface area (Å²) >= 11 is 0. The Morgan fingerprint density at radius 3 is 2.77 bits per heavy atom. The molecule has 0 amide bonds. The van der Waals surface area contributed by atoms with Crippen molar-refractivity contribution in [1.29, 1.82) is 0 Å². The molecule has 0 spiro atoms. The molecule has 4 aliphatic carbocycles. The number of allylic oxidation sites excluding steroid dienone is 1. The Morgan fingerprint density at radius 1 is 1.27 bits per heavy atom. The van der Waals surface area contributed by atoms with Crippen molar-refractivity contribution >= 4 is 11.8 Å². The van der Waals surface area contributed by atoms with Gasteiger partial charge < -0.3 is 9.84 Å².